The number of carbonyl (C=O) groups is 2. The zero-order valence-electron chi connectivity index (χ0n) is 17.5. The lowest BCUT2D eigenvalue weighted by molar-refractivity contribution is -0.149. The third-order valence-electron chi connectivity index (χ3n) is 5.79. The highest BCUT2D eigenvalue weighted by Gasteiger charge is 2.42. The summed E-state index contributed by atoms with van der Waals surface area (Å²) in [6, 6.07) is 3.67. The summed E-state index contributed by atoms with van der Waals surface area (Å²) in [4.78, 5) is 26.5. The maximum Gasteiger partial charge on any atom is 0.308 e. The molecule has 2 aliphatic heterocycles. The molecule has 0 aromatic heterocycles. The lowest BCUT2D eigenvalue weighted by Gasteiger charge is -2.34. The summed E-state index contributed by atoms with van der Waals surface area (Å²) in [6.45, 7) is 1.12. The summed E-state index contributed by atoms with van der Waals surface area (Å²) < 4.78 is 43.0. The van der Waals surface area contributed by atoms with Gasteiger partial charge in [0.05, 0.1) is 32.1 Å². The van der Waals surface area contributed by atoms with Crippen LogP contribution in [0.5, 0.6) is 11.5 Å². The van der Waals surface area contributed by atoms with Gasteiger partial charge in [0.1, 0.15) is 6.04 Å². The molecule has 1 unspecified atom stereocenters. The van der Waals surface area contributed by atoms with Gasteiger partial charge in [0, 0.05) is 25.7 Å². The van der Waals surface area contributed by atoms with Gasteiger partial charge in [-0.05, 0) is 37.8 Å². The molecule has 10 heteroatoms. The molecule has 2 fully saturated rings. The van der Waals surface area contributed by atoms with Gasteiger partial charge in [-0.15, -0.1) is 0 Å². The Kier molecular flexibility index (Phi) is 6.87. The van der Waals surface area contributed by atoms with Crippen LogP contribution in [-0.2, 0) is 24.3 Å². The van der Waals surface area contributed by atoms with E-state index < -0.39 is 16.1 Å². The van der Waals surface area contributed by atoms with Crippen molar-refractivity contribution in [2.75, 3.05) is 41.0 Å². The summed E-state index contributed by atoms with van der Waals surface area (Å²) in [5, 5.41) is 0. The van der Waals surface area contributed by atoms with Gasteiger partial charge in [-0.25, -0.2) is 8.42 Å². The van der Waals surface area contributed by atoms with E-state index in [2.05, 4.69) is 0 Å². The first kappa shape index (κ1) is 22.4. The Bertz CT molecular complexity index is 894. The Labute approximate surface area is 176 Å². The first-order valence-electron chi connectivity index (χ1n) is 9.94. The van der Waals surface area contributed by atoms with Gasteiger partial charge in [-0.2, -0.15) is 4.31 Å². The largest absolute Gasteiger partial charge is 0.493 e. The molecule has 0 aliphatic carbocycles. The van der Waals surface area contributed by atoms with E-state index in [9.17, 15) is 18.0 Å². The average Bonchev–Trinajstić information content (AvgIpc) is 3.28. The van der Waals surface area contributed by atoms with E-state index in [4.69, 9.17) is 14.2 Å². The molecular formula is C20H28N2O7S. The third kappa shape index (κ3) is 4.24. The standard InChI is InChI=1S/C20H28N2O7S/c1-27-17-7-6-15(13-18(17)28-2)30(25,26)22-10-4-5-16(22)19(23)21-11-8-14(9-12-21)20(24)29-3/h6-7,13-14,16H,4-5,8-12H2,1-3H3. The second-order valence-electron chi connectivity index (χ2n) is 7.41. The number of amides is 1. The molecule has 30 heavy (non-hydrogen) atoms. The number of sulfonamides is 1. The van der Waals surface area contributed by atoms with E-state index in [1.807, 2.05) is 0 Å². The van der Waals surface area contributed by atoms with Crippen LogP contribution >= 0.6 is 0 Å². The first-order valence-corrected chi connectivity index (χ1v) is 11.4. The molecule has 2 saturated heterocycles. The molecule has 1 aromatic carbocycles. The molecule has 3 rings (SSSR count). The number of hydrogen-bond acceptors (Lipinski definition) is 7. The van der Waals surface area contributed by atoms with Crippen LogP contribution in [0, 0.1) is 5.92 Å². The van der Waals surface area contributed by atoms with E-state index in [1.165, 1.54) is 43.8 Å². The Morgan fingerprint density at radius 3 is 2.23 bits per heavy atom. The van der Waals surface area contributed by atoms with E-state index in [1.54, 1.807) is 4.90 Å². The maximum atomic E-state index is 13.3. The normalized spacial score (nSPS) is 20.8. The van der Waals surface area contributed by atoms with Gasteiger partial charge in [-0.3, -0.25) is 9.59 Å². The second-order valence-corrected chi connectivity index (χ2v) is 9.30. The van der Waals surface area contributed by atoms with Gasteiger partial charge < -0.3 is 19.1 Å². The second kappa shape index (κ2) is 9.22. The molecule has 0 saturated carbocycles. The van der Waals surface area contributed by atoms with Crippen LogP contribution in [0.3, 0.4) is 0 Å². The molecule has 1 amide bonds. The van der Waals surface area contributed by atoms with Crippen LogP contribution in [0.25, 0.3) is 0 Å². The molecule has 0 radical (unpaired) electrons. The third-order valence-corrected chi connectivity index (χ3v) is 7.70. The molecule has 166 valence electrons. The number of hydrogen-bond donors (Lipinski definition) is 0. The number of benzene rings is 1. The molecule has 1 aromatic rings. The van der Waals surface area contributed by atoms with Crippen molar-refractivity contribution in [3.63, 3.8) is 0 Å². The molecule has 9 nitrogen and oxygen atoms in total. The number of esters is 1. The van der Waals surface area contributed by atoms with Crippen molar-refractivity contribution in [3.05, 3.63) is 18.2 Å². The molecule has 2 heterocycles. The fourth-order valence-corrected chi connectivity index (χ4v) is 5.77. The minimum absolute atomic E-state index is 0.0595. The summed E-state index contributed by atoms with van der Waals surface area (Å²) in [6.07, 6.45) is 2.13. The van der Waals surface area contributed by atoms with Crippen LogP contribution in [0.2, 0.25) is 0 Å². The molecular weight excluding hydrogens is 412 g/mol. The van der Waals surface area contributed by atoms with Crippen molar-refractivity contribution in [1.82, 2.24) is 9.21 Å². The van der Waals surface area contributed by atoms with Crippen molar-refractivity contribution in [3.8, 4) is 11.5 Å². The van der Waals surface area contributed by atoms with Crippen LogP contribution in [0.4, 0.5) is 0 Å². The van der Waals surface area contributed by atoms with Gasteiger partial charge in [0.2, 0.25) is 15.9 Å². The predicted molar refractivity (Wildman–Crippen MR) is 108 cm³/mol. The number of methoxy groups -OCH3 is 3. The van der Waals surface area contributed by atoms with E-state index >= 15 is 0 Å². The summed E-state index contributed by atoms with van der Waals surface area (Å²) in [5.74, 6) is 0.0548. The highest BCUT2D eigenvalue weighted by Crippen LogP contribution is 2.33. The minimum atomic E-state index is -3.88. The van der Waals surface area contributed by atoms with Crippen LogP contribution in [0.15, 0.2) is 23.1 Å². The minimum Gasteiger partial charge on any atom is -0.493 e. The number of likely N-dealkylation sites (tertiary alicyclic amines) is 1. The lowest BCUT2D eigenvalue weighted by atomic mass is 9.96. The van der Waals surface area contributed by atoms with Crippen molar-refractivity contribution >= 4 is 21.9 Å². The average molecular weight is 441 g/mol. The number of carbonyl (C=O) groups excluding carboxylic acids is 2. The molecule has 0 spiro atoms. The van der Waals surface area contributed by atoms with Crippen molar-refractivity contribution in [2.45, 2.75) is 36.6 Å². The predicted octanol–water partition coefficient (Wildman–Crippen LogP) is 1.27. The van der Waals surface area contributed by atoms with Crippen LogP contribution in [-0.4, -0.2) is 76.5 Å². The van der Waals surface area contributed by atoms with Gasteiger partial charge >= 0.3 is 5.97 Å². The van der Waals surface area contributed by atoms with Crippen LogP contribution in [0.1, 0.15) is 25.7 Å². The Balaban J connectivity index is 1.76. The fraction of sp³-hybridized carbons (Fsp3) is 0.600. The lowest BCUT2D eigenvalue weighted by Crippen LogP contribution is -2.50. The zero-order chi connectivity index (χ0) is 21.9. The SMILES string of the molecule is COC(=O)C1CCN(C(=O)C2CCCN2S(=O)(=O)c2ccc(OC)c(OC)c2)CC1. The molecule has 1 atom stereocenters. The van der Waals surface area contributed by atoms with Gasteiger partial charge in [0.15, 0.2) is 11.5 Å². The number of piperidine rings is 1. The smallest absolute Gasteiger partial charge is 0.308 e. The highest BCUT2D eigenvalue weighted by atomic mass is 32.2. The van der Waals surface area contributed by atoms with Crippen molar-refractivity contribution in [2.24, 2.45) is 5.92 Å². The van der Waals surface area contributed by atoms with Crippen LogP contribution < -0.4 is 9.47 Å². The Morgan fingerprint density at radius 2 is 1.63 bits per heavy atom. The van der Waals surface area contributed by atoms with Gasteiger partial charge in [-0.1, -0.05) is 0 Å². The van der Waals surface area contributed by atoms with Crippen molar-refractivity contribution < 1.29 is 32.2 Å². The highest BCUT2D eigenvalue weighted by molar-refractivity contribution is 7.89. The quantitative estimate of drug-likeness (QED) is 0.614. The summed E-state index contributed by atoms with van der Waals surface area (Å²) in [7, 11) is 0.391. The number of ether oxygens (including phenoxy) is 3. The first-order chi connectivity index (χ1) is 14.3. The number of nitrogens with zero attached hydrogens (tertiary/aromatic N) is 2. The Morgan fingerprint density at radius 1 is 0.967 bits per heavy atom. The van der Waals surface area contributed by atoms with E-state index in [-0.39, 0.29) is 29.2 Å². The van der Waals surface area contributed by atoms with E-state index in [0.29, 0.717) is 50.3 Å². The van der Waals surface area contributed by atoms with E-state index in [0.717, 1.165) is 0 Å². The molecule has 0 bridgehead atoms. The summed E-state index contributed by atoms with van der Waals surface area (Å²) >= 11 is 0. The van der Waals surface area contributed by atoms with Crippen molar-refractivity contribution in [1.29, 1.82) is 0 Å². The monoisotopic (exact) mass is 440 g/mol. The number of rotatable bonds is 6. The topological polar surface area (TPSA) is 102 Å². The molecule has 2 aliphatic rings. The summed E-state index contributed by atoms with van der Waals surface area (Å²) in [5.41, 5.74) is 0. The fourth-order valence-electron chi connectivity index (χ4n) is 4.10. The molecule has 0 N–H and O–H groups in total. The maximum absolute atomic E-state index is 13.3. The van der Waals surface area contributed by atoms with Gasteiger partial charge in [0.25, 0.3) is 0 Å². The zero-order valence-corrected chi connectivity index (χ0v) is 18.3. The Hall–Kier alpha value is -2.33.